The van der Waals surface area contributed by atoms with Crippen LogP contribution < -0.4 is 15.4 Å². The van der Waals surface area contributed by atoms with Gasteiger partial charge in [-0.05, 0) is 50.8 Å². The van der Waals surface area contributed by atoms with Gasteiger partial charge in [-0.15, -0.1) is 0 Å². The zero-order valence-corrected chi connectivity index (χ0v) is 14.9. The van der Waals surface area contributed by atoms with Crippen molar-refractivity contribution in [1.82, 2.24) is 10.6 Å². The van der Waals surface area contributed by atoms with Gasteiger partial charge in [0.1, 0.15) is 11.3 Å². The normalized spacial score (nSPS) is 21.1. The van der Waals surface area contributed by atoms with E-state index >= 15 is 0 Å². The Hall–Kier alpha value is -2.04. The van der Waals surface area contributed by atoms with Crippen LogP contribution >= 0.6 is 0 Å². The van der Waals surface area contributed by atoms with Crippen molar-refractivity contribution < 1.29 is 14.3 Å². The van der Waals surface area contributed by atoms with E-state index in [0.717, 1.165) is 24.2 Å². The Morgan fingerprint density at radius 2 is 2.00 bits per heavy atom. The van der Waals surface area contributed by atoms with Crippen molar-refractivity contribution >= 4 is 11.8 Å². The molecule has 24 heavy (non-hydrogen) atoms. The van der Waals surface area contributed by atoms with Crippen LogP contribution in [0.3, 0.4) is 0 Å². The van der Waals surface area contributed by atoms with Crippen LogP contribution in [-0.4, -0.2) is 23.5 Å². The van der Waals surface area contributed by atoms with Crippen LogP contribution in [0, 0.1) is 0 Å². The summed E-state index contributed by atoms with van der Waals surface area (Å²) >= 11 is 0. The summed E-state index contributed by atoms with van der Waals surface area (Å²) < 4.78 is 5.61. The second-order valence-corrected chi connectivity index (χ2v) is 6.68. The average Bonchev–Trinajstić information content (AvgIpc) is 2.75. The Labute approximate surface area is 144 Å². The third kappa shape index (κ3) is 4.73. The van der Waals surface area contributed by atoms with Gasteiger partial charge in [-0.2, -0.15) is 0 Å². The second-order valence-electron chi connectivity index (χ2n) is 6.68. The SMILES string of the molecule is CCC1(C(=O)NCc2ccc(OC(C)C)cc2)CCCCC(=O)N1. The van der Waals surface area contributed by atoms with E-state index < -0.39 is 5.54 Å². The summed E-state index contributed by atoms with van der Waals surface area (Å²) in [5.74, 6) is 0.698. The number of nitrogens with one attached hydrogen (secondary N) is 2. The number of ether oxygens (including phenoxy) is 1. The van der Waals surface area contributed by atoms with Crippen LogP contribution in [0.4, 0.5) is 0 Å². The highest BCUT2D eigenvalue weighted by Crippen LogP contribution is 2.23. The Bertz CT molecular complexity index is 568. The molecule has 0 bridgehead atoms. The number of amides is 2. The minimum atomic E-state index is -0.770. The monoisotopic (exact) mass is 332 g/mol. The van der Waals surface area contributed by atoms with E-state index in [1.807, 2.05) is 45.0 Å². The van der Waals surface area contributed by atoms with Crippen molar-refractivity contribution in [3.63, 3.8) is 0 Å². The van der Waals surface area contributed by atoms with E-state index in [4.69, 9.17) is 4.74 Å². The number of hydrogen-bond donors (Lipinski definition) is 2. The number of carbonyl (C=O) groups is 2. The quantitative estimate of drug-likeness (QED) is 0.842. The van der Waals surface area contributed by atoms with Crippen LogP contribution in [0.15, 0.2) is 24.3 Å². The van der Waals surface area contributed by atoms with Crippen molar-refractivity contribution in [2.45, 2.75) is 71.1 Å². The lowest BCUT2D eigenvalue weighted by atomic mass is 9.89. The summed E-state index contributed by atoms with van der Waals surface area (Å²) in [6.45, 7) is 6.36. The number of rotatable bonds is 6. The maximum absolute atomic E-state index is 12.7. The largest absolute Gasteiger partial charge is 0.491 e. The Morgan fingerprint density at radius 3 is 2.62 bits per heavy atom. The molecule has 0 radical (unpaired) electrons. The molecule has 1 aromatic rings. The first-order chi connectivity index (χ1) is 11.4. The van der Waals surface area contributed by atoms with Crippen LogP contribution in [0.5, 0.6) is 5.75 Å². The van der Waals surface area contributed by atoms with Gasteiger partial charge in [-0.3, -0.25) is 9.59 Å². The minimum absolute atomic E-state index is 0.0281. The van der Waals surface area contributed by atoms with E-state index in [-0.39, 0.29) is 17.9 Å². The molecule has 1 aliphatic rings. The van der Waals surface area contributed by atoms with Crippen LogP contribution in [0.2, 0.25) is 0 Å². The number of benzene rings is 1. The molecule has 132 valence electrons. The smallest absolute Gasteiger partial charge is 0.246 e. The van der Waals surface area contributed by atoms with Crippen LogP contribution in [-0.2, 0) is 16.1 Å². The van der Waals surface area contributed by atoms with Gasteiger partial charge in [-0.25, -0.2) is 0 Å². The van der Waals surface area contributed by atoms with E-state index in [9.17, 15) is 9.59 Å². The van der Waals surface area contributed by atoms with Gasteiger partial charge < -0.3 is 15.4 Å². The zero-order chi connectivity index (χ0) is 17.6. The molecule has 0 saturated carbocycles. The minimum Gasteiger partial charge on any atom is -0.491 e. The molecule has 1 fully saturated rings. The Balaban J connectivity index is 1.96. The van der Waals surface area contributed by atoms with Crippen molar-refractivity contribution in [1.29, 1.82) is 0 Å². The Morgan fingerprint density at radius 1 is 1.29 bits per heavy atom. The molecule has 1 atom stereocenters. The van der Waals surface area contributed by atoms with E-state index in [2.05, 4.69) is 10.6 Å². The van der Waals surface area contributed by atoms with Crippen molar-refractivity contribution in [3.8, 4) is 5.75 Å². The molecule has 1 saturated heterocycles. The molecule has 2 N–H and O–H groups in total. The first-order valence-corrected chi connectivity index (χ1v) is 8.80. The molecule has 0 aliphatic carbocycles. The fraction of sp³-hybridized carbons (Fsp3) is 0.579. The molecule has 5 nitrogen and oxygen atoms in total. The van der Waals surface area contributed by atoms with Crippen LogP contribution in [0.25, 0.3) is 0 Å². The summed E-state index contributed by atoms with van der Waals surface area (Å²) in [5.41, 5.74) is 0.236. The first kappa shape index (κ1) is 18.3. The molecule has 2 rings (SSSR count). The first-order valence-electron chi connectivity index (χ1n) is 8.80. The molecule has 0 spiro atoms. The lowest BCUT2D eigenvalue weighted by molar-refractivity contribution is -0.133. The summed E-state index contributed by atoms with van der Waals surface area (Å²) in [5, 5.41) is 5.91. The fourth-order valence-corrected chi connectivity index (χ4v) is 3.01. The molecule has 1 heterocycles. The lowest BCUT2D eigenvalue weighted by Crippen LogP contribution is -2.57. The predicted octanol–water partition coefficient (Wildman–Crippen LogP) is 2.93. The van der Waals surface area contributed by atoms with Crippen LogP contribution in [0.1, 0.15) is 58.4 Å². The zero-order valence-electron chi connectivity index (χ0n) is 14.9. The highest BCUT2D eigenvalue weighted by atomic mass is 16.5. The molecular weight excluding hydrogens is 304 g/mol. The highest BCUT2D eigenvalue weighted by molar-refractivity contribution is 5.91. The van der Waals surface area contributed by atoms with Crippen molar-refractivity contribution in [2.24, 2.45) is 0 Å². The van der Waals surface area contributed by atoms with Gasteiger partial charge in [0.25, 0.3) is 0 Å². The molecule has 0 aromatic heterocycles. The molecule has 1 unspecified atom stereocenters. The second kappa shape index (κ2) is 8.18. The van der Waals surface area contributed by atoms with E-state index in [1.54, 1.807) is 0 Å². The molecule has 5 heteroatoms. The molecule has 1 aromatic carbocycles. The van der Waals surface area contributed by atoms with Gasteiger partial charge in [0.15, 0.2) is 0 Å². The average molecular weight is 332 g/mol. The third-order valence-electron chi connectivity index (χ3n) is 4.42. The van der Waals surface area contributed by atoms with Gasteiger partial charge >= 0.3 is 0 Å². The summed E-state index contributed by atoms with van der Waals surface area (Å²) in [4.78, 5) is 24.5. The van der Waals surface area contributed by atoms with Gasteiger partial charge in [0.05, 0.1) is 6.10 Å². The number of hydrogen-bond acceptors (Lipinski definition) is 3. The topological polar surface area (TPSA) is 67.4 Å². The van der Waals surface area contributed by atoms with Crippen molar-refractivity contribution in [3.05, 3.63) is 29.8 Å². The predicted molar refractivity (Wildman–Crippen MR) is 93.7 cm³/mol. The fourth-order valence-electron chi connectivity index (χ4n) is 3.01. The maximum Gasteiger partial charge on any atom is 0.246 e. The Kier molecular flexibility index (Phi) is 6.23. The standard InChI is InChI=1S/C19H28N2O3/c1-4-19(12-6-5-7-17(22)21-19)18(23)20-13-15-8-10-16(11-9-15)24-14(2)3/h8-11,14H,4-7,12-13H2,1-3H3,(H,20,23)(H,21,22). The van der Waals surface area contributed by atoms with Gasteiger partial charge in [0, 0.05) is 13.0 Å². The maximum atomic E-state index is 12.7. The highest BCUT2D eigenvalue weighted by Gasteiger charge is 2.38. The molecule has 2 amide bonds. The number of carbonyl (C=O) groups excluding carboxylic acids is 2. The molecular formula is C19H28N2O3. The summed E-state index contributed by atoms with van der Waals surface area (Å²) in [7, 11) is 0. The van der Waals surface area contributed by atoms with E-state index in [1.165, 1.54) is 0 Å². The van der Waals surface area contributed by atoms with Crippen molar-refractivity contribution in [2.75, 3.05) is 0 Å². The molecule has 1 aliphatic heterocycles. The van der Waals surface area contributed by atoms with Gasteiger partial charge in [0.2, 0.25) is 11.8 Å². The third-order valence-corrected chi connectivity index (χ3v) is 4.42. The van der Waals surface area contributed by atoms with E-state index in [0.29, 0.717) is 25.8 Å². The summed E-state index contributed by atoms with van der Waals surface area (Å²) in [6, 6.07) is 7.71. The summed E-state index contributed by atoms with van der Waals surface area (Å²) in [6.07, 6.45) is 3.68. The van der Waals surface area contributed by atoms with Gasteiger partial charge in [-0.1, -0.05) is 25.5 Å². The lowest BCUT2D eigenvalue weighted by Gasteiger charge is -2.31.